The van der Waals surface area contributed by atoms with Crippen LogP contribution in [0, 0.1) is 11.3 Å². The quantitative estimate of drug-likeness (QED) is 0.734. The molecule has 0 aliphatic heterocycles. The molecule has 1 aliphatic carbocycles. The number of methoxy groups -OCH3 is 1. The van der Waals surface area contributed by atoms with Gasteiger partial charge in [-0.1, -0.05) is 26.7 Å². The molecule has 1 N–H and O–H groups in total. The lowest BCUT2D eigenvalue weighted by Gasteiger charge is -2.44. The first-order valence-electron chi connectivity index (χ1n) is 7.94. The predicted molar refractivity (Wildman–Crippen MR) is 82.6 cm³/mol. The fourth-order valence-electron chi connectivity index (χ4n) is 3.86. The number of rotatable bonds is 8. The van der Waals surface area contributed by atoms with Gasteiger partial charge in [0.2, 0.25) is 0 Å². The van der Waals surface area contributed by atoms with Gasteiger partial charge in [-0.25, -0.2) is 0 Å². The average Bonchev–Trinajstić information content (AvgIpc) is 2.36. The summed E-state index contributed by atoms with van der Waals surface area (Å²) in [5, 5.41) is 3.44. The maximum atomic E-state index is 5.33. The van der Waals surface area contributed by atoms with Crippen molar-refractivity contribution >= 4 is 0 Å². The van der Waals surface area contributed by atoms with Crippen LogP contribution < -0.4 is 5.32 Å². The van der Waals surface area contributed by atoms with Gasteiger partial charge in [-0.2, -0.15) is 0 Å². The van der Waals surface area contributed by atoms with Crippen LogP contribution in [0.2, 0.25) is 0 Å². The van der Waals surface area contributed by atoms with Gasteiger partial charge < -0.3 is 10.1 Å². The highest BCUT2D eigenvalue weighted by Crippen LogP contribution is 2.39. The summed E-state index contributed by atoms with van der Waals surface area (Å²) >= 11 is 0. The second kappa shape index (κ2) is 8.23. The standard InChI is InChI=1S/C16H34N2O/c1-6-18(15(3)11-19-5)13-16(12-17-4)9-7-8-14(2)10-16/h14-15,17H,6-13H2,1-5H3. The zero-order chi connectivity index (χ0) is 14.3. The molecule has 19 heavy (non-hydrogen) atoms. The molecule has 0 bridgehead atoms. The number of hydrogen-bond donors (Lipinski definition) is 1. The molecule has 0 saturated heterocycles. The van der Waals surface area contributed by atoms with Crippen molar-refractivity contribution in [3.8, 4) is 0 Å². The van der Waals surface area contributed by atoms with E-state index in [-0.39, 0.29) is 0 Å². The Balaban J connectivity index is 2.69. The van der Waals surface area contributed by atoms with E-state index in [2.05, 4.69) is 38.0 Å². The first-order valence-corrected chi connectivity index (χ1v) is 7.94. The second-order valence-electron chi connectivity index (χ2n) is 6.60. The van der Waals surface area contributed by atoms with Crippen LogP contribution in [0.15, 0.2) is 0 Å². The third-order valence-corrected chi connectivity index (χ3v) is 4.71. The molecule has 1 fully saturated rings. The molecule has 1 aliphatic rings. The van der Waals surface area contributed by atoms with E-state index in [1.54, 1.807) is 7.11 Å². The van der Waals surface area contributed by atoms with Crippen molar-refractivity contribution in [3.05, 3.63) is 0 Å². The predicted octanol–water partition coefficient (Wildman–Crippen LogP) is 2.76. The number of nitrogens with zero attached hydrogens (tertiary/aromatic N) is 1. The van der Waals surface area contributed by atoms with Gasteiger partial charge in [0.1, 0.15) is 0 Å². The molecule has 0 aromatic heterocycles. The molecular formula is C16H34N2O. The van der Waals surface area contributed by atoms with E-state index in [1.165, 1.54) is 32.2 Å². The third-order valence-electron chi connectivity index (χ3n) is 4.71. The molecular weight excluding hydrogens is 236 g/mol. The monoisotopic (exact) mass is 270 g/mol. The van der Waals surface area contributed by atoms with Crippen molar-refractivity contribution in [1.82, 2.24) is 10.2 Å². The van der Waals surface area contributed by atoms with Gasteiger partial charge in [0, 0.05) is 26.2 Å². The van der Waals surface area contributed by atoms with Crippen molar-refractivity contribution in [3.63, 3.8) is 0 Å². The largest absolute Gasteiger partial charge is 0.383 e. The summed E-state index contributed by atoms with van der Waals surface area (Å²) in [5.41, 5.74) is 0.463. The molecule has 0 heterocycles. The Bertz CT molecular complexity index is 243. The Kier molecular flexibility index (Phi) is 7.33. The highest BCUT2D eigenvalue weighted by atomic mass is 16.5. The molecule has 1 saturated carbocycles. The summed E-state index contributed by atoms with van der Waals surface area (Å²) < 4.78 is 5.33. The van der Waals surface area contributed by atoms with Gasteiger partial charge in [-0.3, -0.25) is 4.90 Å². The minimum Gasteiger partial charge on any atom is -0.383 e. The molecule has 3 heteroatoms. The third kappa shape index (κ3) is 5.05. The molecule has 3 nitrogen and oxygen atoms in total. The van der Waals surface area contributed by atoms with Crippen LogP contribution in [0.1, 0.15) is 46.5 Å². The minimum atomic E-state index is 0.463. The maximum absolute atomic E-state index is 5.33. The normalized spacial score (nSPS) is 29.7. The fourth-order valence-corrected chi connectivity index (χ4v) is 3.86. The first kappa shape index (κ1) is 16.9. The zero-order valence-corrected chi connectivity index (χ0v) is 13.7. The SMILES string of the molecule is CCN(CC1(CNC)CCCC(C)C1)C(C)COC. The van der Waals surface area contributed by atoms with Crippen LogP contribution in [0.3, 0.4) is 0 Å². The van der Waals surface area contributed by atoms with Gasteiger partial charge >= 0.3 is 0 Å². The summed E-state index contributed by atoms with van der Waals surface area (Å²) in [6.07, 6.45) is 5.53. The van der Waals surface area contributed by atoms with Gasteiger partial charge in [-0.05, 0) is 44.7 Å². The lowest BCUT2D eigenvalue weighted by atomic mass is 9.69. The Morgan fingerprint density at radius 1 is 1.47 bits per heavy atom. The number of ether oxygens (including phenoxy) is 1. The average molecular weight is 270 g/mol. The van der Waals surface area contributed by atoms with E-state index >= 15 is 0 Å². The molecule has 0 amide bonds. The Morgan fingerprint density at radius 2 is 2.21 bits per heavy atom. The summed E-state index contributed by atoms with van der Waals surface area (Å²) in [6, 6.07) is 0.515. The minimum absolute atomic E-state index is 0.463. The van der Waals surface area contributed by atoms with Crippen LogP contribution in [0.25, 0.3) is 0 Å². The van der Waals surface area contributed by atoms with Crippen LogP contribution in [0.4, 0.5) is 0 Å². The number of nitrogens with one attached hydrogen (secondary N) is 1. The smallest absolute Gasteiger partial charge is 0.0615 e. The maximum Gasteiger partial charge on any atom is 0.0615 e. The molecule has 0 aromatic carbocycles. The first-order chi connectivity index (χ1) is 9.06. The summed E-state index contributed by atoms with van der Waals surface area (Å²) in [6.45, 7) is 11.3. The van der Waals surface area contributed by atoms with Crippen molar-refractivity contribution in [2.75, 3.05) is 40.4 Å². The van der Waals surface area contributed by atoms with Crippen molar-refractivity contribution in [1.29, 1.82) is 0 Å². The van der Waals surface area contributed by atoms with E-state index in [1.807, 2.05) is 0 Å². The molecule has 3 atom stereocenters. The van der Waals surface area contributed by atoms with Gasteiger partial charge in [0.05, 0.1) is 6.61 Å². The number of likely N-dealkylation sites (N-methyl/N-ethyl adjacent to an activating group) is 1. The Labute approximate surface area is 120 Å². The van der Waals surface area contributed by atoms with E-state index < -0.39 is 0 Å². The molecule has 0 radical (unpaired) electrons. The highest BCUT2D eigenvalue weighted by Gasteiger charge is 2.36. The van der Waals surface area contributed by atoms with E-state index in [0.717, 1.165) is 25.6 Å². The van der Waals surface area contributed by atoms with E-state index in [9.17, 15) is 0 Å². The number of hydrogen-bond acceptors (Lipinski definition) is 3. The molecule has 3 unspecified atom stereocenters. The van der Waals surface area contributed by atoms with Crippen LogP contribution in [-0.2, 0) is 4.74 Å². The van der Waals surface area contributed by atoms with Gasteiger partial charge in [-0.15, -0.1) is 0 Å². The lowest BCUT2D eigenvalue weighted by Crippen LogP contribution is -2.49. The van der Waals surface area contributed by atoms with E-state index in [4.69, 9.17) is 4.74 Å². The van der Waals surface area contributed by atoms with Gasteiger partial charge in [0.25, 0.3) is 0 Å². The summed E-state index contributed by atoms with van der Waals surface area (Å²) in [4.78, 5) is 2.60. The second-order valence-corrected chi connectivity index (χ2v) is 6.60. The molecule has 114 valence electrons. The summed E-state index contributed by atoms with van der Waals surface area (Å²) in [7, 11) is 3.90. The summed E-state index contributed by atoms with van der Waals surface area (Å²) in [5.74, 6) is 0.874. The lowest BCUT2D eigenvalue weighted by molar-refractivity contribution is 0.0387. The van der Waals surface area contributed by atoms with Gasteiger partial charge in [0.15, 0.2) is 0 Å². The van der Waals surface area contributed by atoms with Crippen molar-refractivity contribution in [2.45, 2.75) is 52.5 Å². The van der Waals surface area contributed by atoms with Crippen LogP contribution in [0.5, 0.6) is 0 Å². The van der Waals surface area contributed by atoms with Crippen molar-refractivity contribution in [2.24, 2.45) is 11.3 Å². The topological polar surface area (TPSA) is 24.5 Å². The van der Waals surface area contributed by atoms with Crippen LogP contribution >= 0.6 is 0 Å². The Hall–Kier alpha value is -0.120. The van der Waals surface area contributed by atoms with Crippen LogP contribution in [-0.4, -0.2) is 51.3 Å². The Morgan fingerprint density at radius 3 is 2.74 bits per heavy atom. The molecule has 1 rings (SSSR count). The highest BCUT2D eigenvalue weighted by molar-refractivity contribution is 4.90. The van der Waals surface area contributed by atoms with Crippen molar-refractivity contribution < 1.29 is 4.74 Å². The van der Waals surface area contributed by atoms with E-state index in [0.29, 0.717) is 11.5 Å². The molecule has 0 spiro atoms. The fraction of sp³-hybridized carbons (Fsp3) is 1.00. The molecule has 0 aromatic rings. The zero-order valence-electron chi connectivity index (χ0n) is 13.7.